The van der Waals surface area contributed by atoms with Gasteiger partial charge in [0.05, 0.1) is 6.04 Å². The Morgan fingerprint density at radius 1 is 1.32 bits per heavy atom. The molecule has 1 heterocycles. The lowest BCUT2D eigenvalue weighted by molar-refractivity contribution is -0.127. The zero-order chi connectivity index (χ0) is 15.0. The number of halogens is 2. The van der Waals surface area contributed by atoms with Crippen LogP contribution in [0, 0.1) is 23.7 Å². The highest BCUT2D eigenvalue weighted by Crippen LogP contribution is 2.47. The Morgan fingerprint density at radius 3 is 2.36 bits per heavy atom. The topological polar surface area (TPSA) is 41.1 Å². The molecule has 4 atom stereocenters. The molecule has 0 aromatic heterocycles. The van der Waals surface area contributed by atoms with Crippen LogP contribution in [0.5, 0.6) is 0 Å². The summed E-state index contributed by atoms with van der Waals surface area (Å²) in [4.78, 5) is 12.5. The van der Waals surface area contributed by atoms with Gasteiger partial charge in [0, 0.05) is 10.9 Å². The van der Waals surface area contributed by atoms with Crippen molar-refractivity contribution >= 4 is 29.9 Å². The van der Waals surface area contributed by atoms with E-state index in [2.05, 4.69) is 17.6 Å². The molecule has 2 aliphatic rings. The second-order valence-corrected chi connectivity index (χ2v) is 7.06. The normalized spacial score (nSPS) is 26.3. The Balaban J connectivity index is 0.00000176. The van der Waals surface area contributed by atoms with Gasteiger partial charge < -0.3 is 10.6 Å². The van der Waals surface area contributed by atoms with E-state index < -0.39 is 0 Å². The number of carbonyl (C=O) groups is 1. The van der Waals surface area contributed by atoms with Crippen molar-refractivity contribution in [3.63, 3.8) is 0 Å². The van der Waals surface area contributed by atoms with Gasteiger partial charge in [0.15, 0.2) is 0 Å². The van der Waals surface area contributed by atoms with E-state index in [1.807, 2.05) is 31.2 Å². The lowest BCUT2D eigenvalue weighted by Gasteiger charge is -2.33. The predicted molar refractivity (Wildman–Crippen MR) is 92.4 cm³/mol. The van der Waals surface area contributed by atoms with E-state index in [4.69, 9.17) is 11.6 Å². The number of hydrogen-bond donors (Lipinski definition) is 2. The molecule has 1 aromatic rings. The first-order chi connectivity index (χ1) is 10.1. The Labute approximate surface area is 143 Å². The highest BCUT2D eigenvalue weighted by atomic mass is 35.5. The maximum absolute atomic E-state index is 12.5. The zero-order valence-electron chi connectivity index (χ0n) is 13.0. The van der Waals surface area contributed by atoms with Crippen molar-refractivity contribution in [2.45, 2.75) is 26.3 Å². The molecule has 3 nitrogen and oxygen atoms in total. The highest BCUT2D eigenvalue weighted by Gasteiger charge is 2.42. The molecular weight excluding hydrogens is 319 g/mol. The molecule has 0 radical (unpaired) electrons. The van der Waals surface area contributed by atoms with E-state index in [-0.39, 0.29) is 30.3 Å². The molecule has 0 bridgehead atoms. The van der Waals surface area contributed by atoms with E-state index in [0.717, 1.165) is 18.1 Å². The third-order valence-electron chi connectivity index (χ3n) is 5.06. The van der Waals surface area contributed by atoms with E-state index in [0.29, 0.717) is 17.8 Å². The van der Waals surface area contributed by atoms with E-state index in [1.165, 1.54) is 12.0 Å². The fourth-order valence-electron chi connectivity index (χ4n) is 3.09. The Hall–Kier alpha value is -0.770. The summed E-state index contributed by atoms with van der Waals surface area (Å²) in [5.41, 5.74) is 1.17. The second kappa shape index (κ2) is 7.20. The standard InChI is InChI=1S/C17H23ClN2O.ClH/c1-10-7-15(10)16(12-3-5-14(18)6-4-12)20-17(21)11(2)13-8-19-9-13;/h3-6,10-11,13,15-16,19H,7-9H2,1-2H3,(H,20,21);1H. The third-order valence-corrected chi connectivity index (χ3v) is 5.31. The van der Waals surface area contributed by atoms with Crippen LogP contribution in [0.1, 0.15) is 31.9 Å². The molecule has 22 heavy (non-hydrogen) atoms. The van der Waals surface area contributed by atoms with Gasteiger partial charge in [-0.2, -0.15) is 0 Å². The van der Waals surface area contributed by atoms with Gasteiger partial charge in [0.25, 0.3) is 0 Å². The first-order valence-electron chi connectivity index (χ1n) is 7.83. The minimum atomic E-state index is 0. The lowest BCUT2D eigenvalue weighted by atomic mass is 9.87. The highest BCUT2D eigenvalue weighted by molar-refractivity contribution is 6.30. The average molecular weight is 343 g/mol. The van der Waals surface area contributed by atoms with Crippen molar-refractivity contribution in [2.24, 2.45) is 23.7 Å². The van der Waals surface area contributed by atoms with Crippen LogP contribution >= 0.6 is 24.0 Å². The van der Waals surface area contributed by atoms with Gasteiger partial charge in [0.2, 0.25) is 5.91 Å². The van der Waals surface area contributed by atoms with Gasteiger partial charge in [0.1, 0.15) is 0 Å². The second-order valence-electron chi connectivity index (χ2n) is 6.62. The molecule has 1 aliphatic heterocycles. The smallest absolute Gasteiger partial charge is 0.223 e. The van der Waals surface area contributed by atoms with Crippen molar-refractivity contribution in [1.29, 1.82) is 0 Å². The molecule has 1 saturated heterocycles. The van der Waals surface area contributed by atoms with Crippen LogP contribution in [-0.4, -0.2) is 19.0 Å². The molecule has 1 aliphatic carbocycles. The lowest BCUT2D eigenvalue weighted by Crippen LogP contribution is -2.50. The summed E-state index contributed by atoms with van der Waals surface area (Å²) < 4.78 is 0. The molecule has 4 unspecified atom stereocenters. The summed E-state index contributed by atoms with van der Waals surface area (Å²) in [7, 11) is 0. The molecule has 122 valence electrons. The zero-order valence-corrected chi connectivity index (χ0v) is 14.6. The van der Waals surface area contributed by atoms with Crippen molar-refractivity contribution < 1.29 is 4.79 Å². The van der Waals surface area contributed by atoms with Gasteiger partial charge in [-0.15, -0.1) is 12.4 Å². The van der Waals surface area contributed by atoms with Crippen LogP contribution in [0.15, 0.2) is 24.3 Å². The van der Waals surface area contributed by atoms with Crippen molar-refractivity contribution in [3.05, 3.63) is 34.9 Å². The SMILES string of the molecule is CC1CC1C(NC(=O)C(C)C1CNC1)c1ccc(Cl)cc1.Cl. The van der Waals surface area contributed by atoms with Gasteiger partial charge in [-0.1, -0.05) is 37.6 Å². The van der Waals surface area contributed by atoms with Crippen LogP contribution in [0.4, 0.5) is 0 Å². The summed E-state index contributed by atoms with van der Waals surface area (Å²) in [6.07, 6.45) is 1.19. The Morgan fingerprint density at radius 2 is 1.91 bits per heavy atom. The minimum Gasteiger partial charge on any atom is -0.349 e. The summed E-state index contributed by atoms with van der Waals surface area (Å²) in [5.74, 6) is 1.98. The summed E-state index contributed by atoms with van der Waals surface area (Å²) in [5, 5.41) is 7.26. The minimum absolute atomic E-state index is 0. The average Bonchev–Trinajstić information content (AvgIpc) is 3.11. The number of hydrogen-bond acceptors (Lipinski definition) is 2. The molecular formula is C17H24Cl2N2O. The van der Waals surface area contributed by atoms with Crippen LogP contribution in [-0.2, 0) is 4.79 Å². The quantitative estimate of drug-likeness (QED) is 0.860. The van der Waals surface area contributed by atoms with Gasteiger partial charge in [-0.05, 0) is 55.0 Å². The number of amides is 1. The van der Waals surface area contributed by atoms with E-state index in [1.54, 1.807) is 0 Å². The Bertz CT molecular complexity index is 516. The Kier molecular flexibility index (Phi) is 5.76. The first-order valence-corrected chi connectivity index (χ1v) is 8.20. The molecule has 1 saturated carbocycles. The summed E-state index contributed by atoms with van der Waals surface area (Å²) in [6, 6.07) is 8.01. The van der Waals surface area contributed by atoms with Crippen LogP contribution in [0.3, 0.4) is 0 Å². The molecule has 5 heteroatoms. The molecule has 2 fully saturated rings. The third kappa shape index (κ3) is 3.76. The van der Waals surface area contributed by atoms with Crippen LogP contribution in [0.25, 0.3) is 0 Å². The number of benzene rings is 1. The summed E-state index contributed by atoms with van der Waals surface area (Å²) >= 11 is 5.97. The molecule has 3 rings (SSSR count). The van der Waals surface area contributed by atoms with Gasteiger partial charge in [-0.3, -0.25) is 4.79 Å². The first kappa shape index (κ1) is 17.6. The van der Waals surface area contributed by atoms with Crippen LogP contribution in [0.2, 0.25) is 5.02 Å². The molecule has 1 amide bonds. The molecule has 1 aromatic carbocycles. The fraction of sp³-hybridized carbons (Fsp3) is 0.588. The van der Waals surface area contributed by atoms with Gasteiger partial charge in [-0.25, -0.2) is 0 Å². The number of nitrogens with one attached hydrogen (secondary N) is 2. The molecule has 0 spiro atoms. The maximum atomic E-state index is 12.5. The number of carbonyl (C=O) groups excluding carboxylic acids is 1. The summed E-state index contributed by atoms with van der Waals surface area (Å²) in [6.45, 7) is 6.20. The fourth-order valence-corrected chi connectivity index (χ4v) is 3.21. The van der Waals surface area contributed by atoms with Crippen molar-refractivity contribution in [2.75, 3.05) is 13.1 Å². The van der Waals surface area contributed by atoms with E-state index >= 15 is 0 Å². The van der Waals surface area contributed by atoms with Gasteiger partial charge >= 0.3 is 0 Å². The maximum Gasteiger partial charge on any atom is 0.223 e. The van der Waals surface area contributed by atoms with E-state index in [9.17, 15) is 4.79 Å². The van der Waals surface area contributed by atoms with Crippen molar-refractivity contribution in [3.8, 4) is 0 Å². The largest absolute Gasteiger partial charge is 0.349 e. The monoisotopic (exact) mass is 342 g/mol. The van der Waals surface area contributed by atoms with Crippen molar-refractivity contribution in [1.82, 2.24) is 10.6 Å². The predicted octanol–water partition coefficient (Wildman–Crippen LogP) is 3.43. The van der Waals surface area contributed by atoms with Crippen LogP contribution < -0.4 is 10.6 Å². The number of rotatable bonds is 5. The molecule has 2 N–H and O–H groups in total.